The van der Waals surface area contributed by atoms with Gasteiger partial charge in [0.2, 0.25) is 0 Å². The number of hydrogen-bond donors (Lipinski definition) is 1. The molecule has 0 bridgehead atoms. The lowest BCUT2D eigenvalue weighted by Gasteiger charge is -2.38. The second-order valence-electron chi connectivity index (χ2n) is 7.01. The third-order valence-corrected chi connectivity index (χ3v) is 6.58. The lowest BCUT2D eigenvalue weighted by atomic mass is 10.1. The summed E-state index contributed by atoms with van der Waals surface area (Å²) < 4.78 is 27.5. The Bertz CT molecular complexity index is 1020. The summed E-state index contributed by atoms with van der Waals surface area (Å²) >= 11 is 0. The molecule has 26 heavy (non-hydrogen) atoms. The van der Waals surface area contributed by atoms with Crippen LogP contribution in [0.25, 0.3) is 10.9 Å². The lowest BCUT2D eigenvalue weighted by Crippen LogP contribution is -2.54. The Morgan fingerprint density at radius 2 is 1.62 bits per heavy atom. The van der Waals surface area contributed by atoms with Gasteiger partial charge in [0, 0.05) is 42.4 Å². The van der Waals surface area contributed by atoms with E-state index >= 15 is 0 Å². The molecule has 0 amide bonds. The first-order chi connectivity index (χ1) is 12.5. The van der Waals surface area contributed by atoms with Crippen molar-refractivity contribution in [3.63, 3.8) is 0 Å². The Morgan fingerprint density at radius 1 is 0.923 bits per heavy atom. The van der Waals surface area contributed by atoms with Crippen LogP contribution in [-0.4, -0.2) is 37.6 Å². The van der Waals surface area contributed by atoms with Crippen LogP contribution in [0.2, 0.25) is 0 Å². The van der Waals surface area contributed by atoms with Crippen molar-refractivity contribution in [3.05, 3.63) is 60.8 Å². The van der Waals surface area contributed by atoms with Gasteiger partial charge in [0.1, 0.15) is 0 Å². The van der Waals surface area contributed by atoms with Crippen molar-refractivity contribution in [1.29, 1.82) is 0 Å². The van der Waals surface area contributed by atoms with Crippen molar-refractivity contribution in [2.45, 2.75) is 30.8 Å². The number of aromatic nitrogens is 1. The molecular weight excluding hydrogens is 346 g/mol. The van der Waals surface area contributed by atoms with E-state index < -0.39 is 10.0 Å². The predicted octanol–water partition coefficient (Wildman–Crippen LogP) is 3.06. The maximum Gasteiger partial charge on any atom is 0.268 e. The minimum Gasteiger partial charge on any atom is -0.368 e. The number of piperazine rings is 1. The van der Waals surface area contributed by atoms with Gasteiger partial charge in [0.05, 0.1) is 10.4 Å². The van der Waals surface area contributed by atoms with Crippen molar-refractivity contribution in [1.82, 2.24) is 9.29 Å². The van der Waals surface area contributed by atoms with Gasteiger partial charge >= 0.3 is 0 Å². The Labute approximate surface area is 154 Å². The van der Waals surface area contributed by atoms with Gasteiger partial charge < -0.3 is 10.2 Å². The molecule has 1 aliphatic rings. The Balaban J connectivity index is 1.81. The van der Waals surface area contributed by atoms with E-state index in [1.54, 1.807) is 30.5 Å². The lowest BCUT2D eigenvalue weighted by molar-refractivity contribution is 0.407. The molecule has 1 aliphatic heterocycles. The topological polar surface area (TPSA) is 54.3 Å². The molecule has 1 saturated heterocycles. The van der Waals surface area contributed by atoms with Gasteiger partial charge in [-0.15, -0.1) is 0 Å². The van der Waals surface area contributed by atoms with Crippen LogP contribution in [0.15, 0.2) is 65.7 Å². The largest absolute Gasteiger partial charge is 0.368 e. The summed E-state index contributed by atoms with van der Waals surface area (Å²) in [6.45, 7) is 6.15. The summed E-state index contributed by atoms with van der Waals surface area (Å²) in [5.41, 5.74) is 1.80. The number of rotatable bonds is 3. The number of nitrogens with zero attached hydrogens (tertiary/aromatic N) is 2. The molecular formula is C20H23N3O2S. The number of anilines is 1. The Kier molecular flexibility index (Phi) is 4.25. The highest BCUT2D eigenvalue weighted by Gasteiger charge is 2.24. The number of nitrogens with one attached hydrogen (secondary N) is 1. The van der Waals surface area contributed by atoms with Gasteiger partial charge in [0.15, 0.2) is 0 Å². The van der Waals surface area contributed by atoms with E-state index in [9.17, 15) is 8.42 Å². The van der Waals surface area contributed by atoms with E-state index in [4.69, 9.17) is 0 Å². The molecule has 2 heterocycles. The third-order valence-electron chi connectivity index (χ3n) is 4.87. The molecule has 5 nitrogen and oxygen atoms in total. The summed E-state index contributed by atoms with van der Waals surface area (Å²) in [7, 11) is -3.61. The highest BCUT2D eigenvalue weighted by Crippen LogP contribution is 2.31. The first kappa shape index (κ1) is 17.1. The van der Waals surface area contributed by atoms with Crippen LogP contribution in [0.3, 0.4) is 0 Å². The minimum absolute atomic E-state index is 0.298. The molecule has 1 aromatic heterocycles. The molecule has 2 atom stereocenters. The summed E-state index contributed by atoms with van der Waals surface area (Å²) in [5, 5.41) is 4.50. The second-order valence-corrected chi connectivity index (χ2v) is 8.83. The average molecular weight is 369 g/mol. The normalized spacial score (nSPS) is 21.2. The highest BCUT2D eigenvalue weighted by molar-refractivity contribution is 7.90. The predicted molar refractivity (Wildman–Crippen MR) is 105 cm³/mol. The number of hydrogen-bond acceptors (Lipinski definition) is 4. The zero-order valence-corrected chi connectivity index (χ0v) is 15.8. The van der Waals surface area contributed by atoms with Gasteiger partial charge in [-0.05, 0) is 44.2 Å². The molecule has 0 unspecified atom stereocenters. The average Bonchev–Trinajstić information content (AvgIpc) is 3.06. The van der Waals surface area contributed by atoms with Crippen molar-refractivity contribution in [3.8, 4) is 0 Å². The van der Waals surface area contributed by atoms with Crippen LogP contribution in [0.1, 0.15) is 13.8 Å². The van der Waals surface area contributed by atoms with Gasteiger partial charge in [-0.25, -0.2) is 12.4 Å². The maximum atomic E-state index is 13.0. The zero-order valence-electron chi connectivity index (χ0n) is 15.0. The molecule has 1 fully saturated rings. The monoisotopic (exact) mass is 369 g/mol. The van der Waals surface area contributed by atoms with Crippen LogP contribution >= 0.6 is 0 Å². The van der Waals surface area contributed by atoms with Crippen LogP contribution in [0, 0.1) is 0 Å². The Hall–Kier alpha value is -2.31. The molecule has 2 aromatic carbocycles. The number of benzene rings is 2. The minimum atomic E-state index is -3.61. The van der Waals surface area contributed by atoms with E-state index in [2.05, 4.69) is 30.1 Å². The molecule has 4 rings (SSSR count). The molecule has 0 spiro atoms. The van der Waals surface area contributed by atoms with Gasteiger partial charge in [-0.1, -0.05) is 24.3 Å². The number of fused-ring (bicyclic) bond motifs is 1. The summed E-state index contributed by atoms with van der Waals surface area (Å²) in [6, 6.07) is 17.1. The van der Waals surface area contributed by atoms with E-state index in [0.29, 0.717) is 22.5 Å². The van der Waals surface area contributed by atoms with Crippen molar-refractivity contribution in [2.24, 2.45) is 0 Å². The van der Waals surface area contributed by atoms with Gasteiger partial charge in [0.25, 0.3) is 10.0 Å². The molecule has 3 aromatic rings. The zero-order chi connectivity index (χ0) is 18.3. The molecule has 1 N–H and O–H groups in total. The Morgan fingerprint density at radius 3 is 2.31 bits per heavy atom. The first-order valence-corrected chi connectivity index (χ1v) is 10.3. The van der Waals surface area contributed by atoms with Crippen LogP contribution in [0.4, 0.5) is 5.69 Å². The maximum absolute atomic E-state index is 13.0. The summed E-state index contributed by atoms with van der Waals surface area (Å²) in [6.07, 6.45) is 1.66. The van der Waals surface area contributed by atoms with E-state index in [-0.39, 0.29) is 0 Å². The highest BCUT2D eigenvalue weighted by atomic mass is 32.2. The fourth-order valence-corrected chi connectivity index (χ4v) is 5.21. The molecule has 6 heteroatoms. The van der Waals surface area contributed by atoms with Crippen LogP contribution < -0.4 is 10.2 Å². The van der Waals surface area contributed by atoms with Gasteiger partial charge in [-0.3, -0.25) is 0 Å². The molecule has 0 aliphatic carbocycles. The smallest absolute Gasteiger partial charge is 0.268 e. The fourth-order valence-electron chi connectivity index (χ4n) is 3.84. The third kappa shape index (κ3) is 2.89. The molecule has 0 saturated carbocycles. The molecule has 0 radical (unpaired) electrons. The van der Waals surface area contributed by atoms with Crippen molar-refractivity contribution in [2.75, 3.05) is 18.0 Å². The van der Waals surface area contributed by atoms with E-state index in [0.717, 1.165) is 24.2 Å². The van der Waals surface area contributed by atoms with Crippen LogP contribution in [0.5, 0.6) is 0 Å². The summed E-state index contributed by atoms with van der Waals surface area (Å²) in [5.74, 6) is 0. The van der Waals surface area contributed by atoms with E-state index in [1.165, 1.54) is 3.97 Å². The first-order valence-electron chi connectivity index (χ1n) is 8.88. The molecule has 136 valence electrons. The quantitative estimate of drug-likeness (QED) is 0.771. The van der Waals surface area contributed by atoms with Gasteiger partial charge in [-0.2, -0.15) is 0 Å². The van der Waals surface area contributed by atoms with Crippen molar-refractivity contribution < 1.29 is 8.42 Å². The van der Waals surface area contributed by atoms with Crippen LogP contribution in [-0.2, 0) is 10.0 Å². The standard InChI is InChI=1S/C20H23N3O2S/c1-15-13-22(14-16(2)21-15)19-9-6-10-20-18(19)11-12-23(20)26(24,25)17-7-4-3-5-8-17/h3-12,15-16,21H,13-14H2,1-2H3/t15-,16+. The second kappa shape index (κ2) is 6.45. The van der Waals surface area contributed by atoms with E-state index in [1.807, 2.05) is 24.3 Å². The fraction of sp³-hybridized carbons (Fsp3) is 0.300. The SMILES string of the molecule is C[C@@H]1CN(c2cccc3c2ccn3S(=O)(=O)c2ccccc2)C[C@H](C)N1. The van der Waals surface area contributed by atoms with Crippen molar-refractivity contribution >= 4 is 26.6 Å². The summed E-state index contributed by atoms with van der Waals surface area (Å²) in [4.78, 5) is 2.64.